The molecule has 1 aromatic heterocycles. The number of carbonyl (C=O) groups is 1. The third-order valence-corrected chi connectivity index (χ3v) is 9.70. The Hall–Kier alpha value is -4.27. The Morgan fingerprint density at radius 1 is 0.960 bits per heavy atom. The molecule has 3 aliphatic heterocycles. The topological polar surface area (TPSA) is 109 Å². The second kappa shape index (κ2) is 14.9. The van der Waals surface area contributed by atoms with Gasteiger partial charge >= 0.3 is 6.03 Å². The normalized spacial score (nSPS) is 21.4. The van der Waals surface area contributed by atoms with Gasteiger partial charge in [-0.1, -0.05) is 52.5 Å². The average Bonchev–Trinajstić information content (AvgIpc) is 3.87. The summed E-state index contributed by atoms with van der Waals surface area (Å²) in [6.07, 6.45) is 4.62. The molecule has 0 saturated carbocycles. The van der Waals surface area contributed by atoms with Crippen molar-refractivity contribution < 1.29 is 23.8 Å². The Kier molecular flexibility index (Phi) is 10.2. The van der Waals surface area contributed by atoms with E-state index in [0.29, 0.717) is 45.8 Å². The number of hydrazine groups is 1. The van der Waals surface area contributed by atoms with E-state index >= 15 is 0 Å². The maximum absolute atomic E-state index is 12.5. The zero-order valence-electron chi connectivity index (χ0n) is 27.7. The zero-order chi connectivity index (χ0) is 34.7. The number of benzene rings is 3. The molecule has 3 aliphatic rings. The predicted molar refractivity (Wildman–Crippen MR) is 190 cm³/mol. The molecule has 2 unspecified atom stereocenters. The van der Waals surface area contributed by atoms with Gasteiger partial charge < -0.3 is 24.0 Å². The summed E-state index contributed by atoms with van der Waals surface area (Å²) in [5.74, 6) is -0.432. The third kappa shape index (κ3) is 7.28. The van der Waals surface area contributed by atoms with Crippen molar-refractivity contribution in [2.24, 2.45) is 0 Å². The summed E-state index contributed by atoms with van der Waals surface area (Å²) in [7, 11) is 0. The van der Waals surface area contributed by atoms with Gasteiger partial charge in [0.05, 0.1) is 11.6 Å². The minimum absolute atomic E-state index is 0.0622. The van der Waals surface area contributed by atoms with Gasteiger partial charge in [-0.3, -0.25) is 0 Å². The molecule has 3 fully saturated rings. The summed E-state index contributed by atoms with van der Waals surface area (Å²) >= 11 is 12.7. The van der Waals surface area contributed by atoms with Crippen molar-refractivity contribution in [1.82, 2.24) is 19.8 Å². The van der Waals surface area contributed by atoms with Crippen molar-refractivity contribution in [2.75, 3.05) is 67.4 Å². The van der Waals surface area contributed by atoms with E-state index in [4.69, 9.17) is 37.4 Å². The highest BCUT2D eigenvalue weighted by atomic mass is 35.5. The second-order valence-corrected chi connectivity index (χ2v) is 13.4. The number of hydrogen-bond donors (Lipinski definition) is 0. The standard InChI is InChI=1S/C35H39Cl2N8O5/c1-2-3-14-43-25-44(47)34(46)45(43)29-7-5-27(6-8-29)40-15-17-41(18-16-40)28-9-11-30(12-10-28)48-20-31-21-49-35(50-31,22-42-24-38-23-39-42)32-13-4-26(36)19-33(32)37/h4-13,19,23-24,31H,2-3,14-18,20-22,25H2,1H3/q+1. The van der Waals surface area contributed by atoms with E-state index < -0.39 is 11.8 Å². The maximum atomic E-state index is 12.5. The number of anilines is 3. The Balaban J connectivity index is 0.918. The Morgan fingerprint density at radius 3 is 2.28 bits per heavy atom. The molecule has 50 heavy (non-hydrogen) atoms. The van der Waals surface area contributed by atoms with Crippen LogP contribution in [-0.4, -0.2) is 89.3 Å². The van der Waals surface area contributed by atoms with E-state index in [2.05, 4.69) is 38.9 Å². The number of rotatable bonds is 12. The fourth-order valence-corrected chi connectivity index (χ4v) is 7.09. The van der Waals surface area contributed by atoms with Crippen LogP contribution in [0.15, 0.2) is 79.4 Å². The lowest BCUT2D eigenvalue weighted by atomic mass is 10.1. The molecule has 0 bridgehead atoms. The molecule has 0 N–H and O–H groups in total. The van der Waals surface area contributed by atoms with Crippen LogP contribution in [0.3, 0.4) is 0 Å². The van der Waals surface area contributed by atoms with Crippen LogP contribution < -0.4 is 19.5 Å². The largest absolute Gasteiger partial charge is 0.557 e. The molecule has 0 spiro atoms. The van der Waals surface area contributed by atoms with E-state index in [9.17, 15) is 9.70 Å². The van der Waals surface area contributed by atoms with Gasteiger partial charge in [0.25, 0.3) is 0 Å². The van der Waals surface area contributed by atoms with Crippen LogP contribution in [0, 0.1) is 4.91 Å². The number of nitrogens with zero attached hydrogens (tertiary/aromatic N) is 8. The minimum atomic E-state index is -1.17. The smallest absolute Gasteiger partial charge is 0.491 e. The van der Waals surface area contributed by atoms with Crippen molar-refractivity contribution in [1.29, 1.82) is 0 Å². The molecular formula is C35H39Cl2N8O5+. The van der Waals surface area contributed by atoms with Crippen molar-refractivity contribution in [3.8, 4) is 5.75 Å². The number of amides is 2. The SMILES string of the molecule is CCCCN1C[N+](=O)C(=O)N1c1ccc(N2CCN(c3ccc(OCC4COC(Cn5cncn5)(c5ccc(Cl)cc5Cl)O4)cc3)CC2)cc1. The molecule has 7 rings (SSSR count). The molecule has 15 heteroatoms. The molecule has 2 atom stereocenters. The molecule has 4 heterocycles. The van der Waals surface area contributed by atoms with Gasteiger partial charge in [0.2, 0.25) is 12.5 Å². The van der Waals surface area contributed by atoms with Gasteiger partial charge in [0, 0.05) is 59.4 Å². The summed E-state index contributed by atoms with van der Waals surface area (Å²) in [6.45, 7) is 7.10. The number of aromatic nitrogens is 3. The first kappa shape index (κ1) is 34.2. The van der Waals surface area contributed by atoms with Crippen LogP contribution in [0.1, 0.15) is 25.3 Å². The highest BCUT2D eigenvalue weighted by Gasteiger charge is 2.47. The van der Waals surface area contributed by atoms with Crippen LogP contribution in [0.25, 0.3) is 0 Å². The third-order valence-electron chi connectivity index (χ3n) is 9.15. The molecule has 3 aromatic carbocycles. The predicted octanol–water partition coefficient (Wildman–Crippen LogP) is 5.95. The summed E-state index contributed by atoms with van der Waals surface area (Å²) in [4.78, 5) is 33.3. The van der Waals surface area contributed by atoms with E-state index in [1.165, 1.54) is 11.3 Å². The molecule has 13 nitrogen and oxygen atoms in total. The lowest BCUT2D eigenvalue weighted by Crippen LogP contribution is -2.46. The molecule has 4 aromatic rings. The highest BCUT2D eigenvalue weighted by Crippen LogP contribution is 2.40. The monoisotopic (exact) mass is 721 g/mol. The lowest BCUT2D eigenvalue weighted by molar-refractivity contribution is -0.448. The quantitative estimate of drug-likeness (QED) is 0.163. The van der Waals surface area contributed by atoms with Crippen LogP contribution in [0.4, 0.5) is 21.9 Å². The van der Waals surface area contributed by atoms with Crippen molar-refractivity contribution in [2.45, 2.75) is 38.2 Å². The maximum Gasteiger partial charge on any atom is 0.557 e. The number of urea groups is 1. The number of nitroso groups, excluding NO2 is 1. The summed E-state index contributed by atoms with van der Waals surface area (Å²) in [6, 6.07) is 20.7. The Morgan fingerprint density at radius 2 is 1.64 bits per heavy atom. The van der Waals surface area contributed by atoms with E-state index in [1.54, 1.807) is 23.1 Å². The number of piperazine rings is 1. The van der Waals surface area contributed by atoms with E-state index in [-0.39, 0.29) is 19.3 Å². The Bertz CT molecular complexity index is 1790. The first-order valence-electron chi connectivity index (χ1n) is 16.8. The van der Waals surface area contributed by atoms with E-state index in [0.717, 1.165) is 56.1 Å². The van der Waals surface area contributed by atoms with Crippen molar-refractivity contribution in [3.63, 3.8) is 0 Å². The van der Waals surface area contributed by atoms with Gasteiger partial charge in [0.1, 0.15) is 37.7 Å². The molecular weight excluding hydrogens is 683 g/mol. The molecule has 3 saturated heterocycles. The van der Waals surface area contributed by atoms with Crippen LogP contribution in [-0.2, 0) is 21.8 Å². The highest BCUT2D eigenvalue weighted by molar-refractivity contribution is 6.35. The van der Waals surface area contributed by atoms with Gasteiger partial charge in [0.15, 0.2) is 5.69 Å². The van der Waals surface area contributed by atoms with Crippen molar-refractivity contribution in [3.05, 3.63) is 99.9 Å². The van der Waals surface area contributed by atoms with E-state index in [1.807, 2.05) is 47.5 Å². The number of halogens is 2. The molecule has 2 amide bonds. The molecule has 0 aliphatic carbocycles. The average molecular weight is 723 g/mol. The van der Waals surface area contributed by atoms with Crippen LogP contribution in [0.5, 0.6) is 5.75 Å². The van der Waals surface area contributed by atoms with Gasteiger partial charge in [-0.05, 0) is 67.1 Å². The Labute approximate surface area is 300 Å². The first-order chi connectivity index (χ1) is 24.3. The van der Waals surface area contributed by atoms with Crippen LogP contribution in [0.2, 0.25) is 10.0 Å². The summed E-state index contributed by atoms with van der Waals surface area (Å²) in [5.41, 5.74) is 3.58. The van der Waals surface area contributed by atoms with Gasteiger partial charge in [-0.25, -0.2) is 9.67 Å². The fraction of sp³-hybridized carbons (Fsp3) is 0.400. The van der Waals surface area contributed by atoms with Gasteiger partial charge in [-0.2, -0.15) is 9.89 Å². The lowest BCUT2D eigenvalue weighted by Gasteiger charge is -2.37. The number of carbonyl (C=O) groups excluding carboxylic acids is 1. The van der Waals surface area contributed by atoms with Crippen molar-refractivity contribution >= 4 is 46.3 Å². The van der Waals surface area contributed by atoms with Gasteiger partial charge in [-0.15, -0.1) is 5.01 Å². The molecule has 262 valence electrons. The van der Waals surface area contributed by atoms with Crippen LogP contribution >= 0.6 is 23.2 Å². The number of hydrogen-bond acceptors (Lipinski definition) is 10. The summed E-state index contributed by atoms with van der Waals surface area (Å²) in [5, 5.41) is 8.50. The fourth-order valence-electron chi connectivity index (χ4n) is 6.54. The summed E-state index contributed by atoms with van der Waals surface area (Å²) < 4.78 is 21.0. The number of unbranched alkanes of at least 4 members (excludes halogenated alkanes) is 1. The zero-order valence-corrected chi connectivity index (χ0v) is 29.2. The first-order valence-corrected chi connectivity index (χ1v) is 17.5. The molecule has 0 radical (unpaired) electrons. The second-order valence-electron chi connectivity index (χ2n) is 12.5. The minimum Gasteiger partial charge on any atom is -0.491 e. The number of ether oxygens (including phenoxy) is 3.